The highest BCUT2D eigenvalue weighted by Gasteiger charge is 2.17. The number of carbonyl (C=O) groups excluding carboxylic acids is 1. The molecule has 0 saturated heterocycles. The zero-order valence-electron chi connectivity index (χ0n) is 14.9. The number of ketones is 1. The number of Topliss-reactive ketones (excluding diaryl/α,β-unsaturated/α-hetero) is 1. The van der Waals surface area contributed by atoms with E-state index >= 15 is 0 Å². The molecule has 0 aliphatic carbocycles. The van der Waals surface area contributed by atoms with E-state index in [1.54, 1.807) is 24.3 Å². The van der Waals surface area contributed by atoms with Crippen molar-refractivity contribution in [1.82, 2.24) is 14.8 Å². The minimum atomic E-state index is 0.0411. The van der Waals surface area contributed by atoms with Crippen molar-refractivity contribution in [1.29, 1.82) is 0 Å². The molecule has 5 nitrogen and oxygen atoms in total. The molecular weight excluding hydrogens is 370 g/mol. The SMILES string of the molecule is O=C(CSc1nnc(-c2ccc(O)cc2)n1-c1ccccc1)c1ccccc1. The van der Waals surface area contributed by atoms with Gasteiger partial charge >= 0.3 is 0 Å². The van der Waals surface area contributed by atoms with Gasteiger partial charge in [-0.25, -0.2) is 0 Å². The van der Waals surface area contributed by atoms with Crippen molar-refractivity contribution in [2.45, 2.75) is 5.16 Å². The second kappa shape index (κ2) is 8.10. The number of rotatable bonds is 6. The van der Waals surface area contributed by atoms with E-state index < -0.39 is 0 Å². The highest BCUT2D eigenvalue weighted by Crippen LogP contribution is 2.29. The van der Waals surface area contributed by atoms with Crippen LogP contribution in [0.3, 0.4) is 0 Å². The van der Waals surface area contributed by atoms with Gasteiger partial charge in [0.2, 0.25) is 0 Å². The third kappa shape index (κ3) is 3.82. The molecule has 4 rings (SSSR count). The number of carbonyl (C=O) groups is 1. The Labute approximate surface area is 166 Å². The lowest BCUT2D eigenvalue weighted by atomic mass is 10.2. The third-order valence-electron chi connectivity index (χ3n) is 4.20. The van der Waals surface area contributed by atoms with E-state index in [-0.39, 0.29) is 17.3 Å². The Kier molecular flexibility index (Phi) is 5.21. The molecule has 28 heavy (non-hydrogen) atoms. The van der Waals surface area contributed by atoms with Crippen LogP contribution in [0.1, 0.15) is 10.4 Å². The van der Waals surface area contributed by atoms with Gasteiger partial charge in [0.15, 0.2) is 16.8 Å². The van der Waals surface area contributed by atoms with Crippen LogP contribution in [0.15, 0.2) is 90.1 Å². The highest BCUT2D eigenvalue weighted by atomic mass is 32.2. The highest BCUT2D eigenvalue weighted by molar-refractivity contribution is 7.99. The lowest BCUT2D eigenvalue weighted by Crippen LogP contribution is -2.04. The molecule has 1 N–H and O–H groups in total. The van der Waals surface area contributed by atoms with E-state index in [4.69, 9.17) is 0 Å². The summed E-state index contributed by atoms with van der Waals surface area (Å²) < 4.78 is 1.93. The Hall–Kier alpha value is -3.38. The number of aromatic hydroxyl groups is 1. The number of para-hydroxylation sites is 1. The summed E-state index contributed by atoms with van der Waals surface area (Å²) in [4.78, 5) is 12.5. The Morgan fingerprint density at radius 3 is 2.18 bits per heavy atom. The van der Waals surface area contributed by atoms with Gasteiger partial charge in [-0.3, -0.25) is 9.36 Å². The number of phenolic OH excluding ortho intramolecular Hbond substituents is 1. The minimum absolute atomic E-state index is 0.0411. The number of aromatic nitrogens is 3. The molecule has 0 aliphatic heterocycles. The average molecular weight is 387 g/mol. The molecule has 0 atom stereocenters. The first-order chi connectivity index (χ1) is 13.7. The number of hydrogen-bond acceptors (Lipinski definition) is 5. The predicted octanol–water partition coefficient (Wildman–Crippen LogP) is 4.61. The molecule has 1 heterocycles. The zero-order chi connectivity index (χ0) is 19.3. The van der Waals surface area contributed by atoms with E-state index in [0.29, 0.717) is 16.5 Å². The van der Waals surface area contributed by atoms with Gasteiger partial charge in [-0.15, -0.1) is 10.2 Å². The Balaban J connectivity index is 1.67. The van der Waals surface area contributed by atoms with Crippen molar-refractivity contribution < 1.29 is 9.90 Å². The molecule has 0 amide bonds. The molecule has 6 heteroatoms. The van der Waals surface area contributed by atoms with E-state index in [1.807, 2.05) is 65.2 Å². The molecule has 0 saturated carbocycles. The van der Waals surface area contributed by atoms with Gasteiger partial charge in [0.1, 0.15) is 5.75 Å². The summed E-state index contributed by atoms with van der Waals surface area (Å²) in [6, 6.07) is 25.8. The van der Waals surface area contributed by atoms with Crippen LogP contribution in [0.5, 0.6) is 5.75 Å². The molecule has 0 unspecified atom stereocenters. The van der Waals surface area contributed by atoms with Crippen LogP contribution in [0.2, 0.25) is 0 Å². The topological polar surface area (TPSA) is 68.0 Å². The zero-order valence-corrected chi connectivity index (χ0v) is 15.7. The van der Waals surface area contributed by atoms with Crippen LogP contribution in [-0.2, 0) is 0 Å². The summed E-state index contributed by atoms with van der Waals surface area (Å²) >= 11 is 1.35. The van der Waals surface area contributed by atoms with Crippen molar-refractivity contribution in [3.05, 3.63) is 90.5 Å². The van der Waals surface area contributed by atoms with E-state index in [0.717, 1.165) is 11.3 Å². The monoisotopic (exact) mass is 387 g/mol. The van der Waals surface area contributed by atoms with Gasteiger partial charge in [-0.05, 0) is 36.4 Å². The fraction of sp³-hybridized carbons (Fsp3) is 0.0455. The van der Waals surface area contributed by atoms with Crippen LogP contribution < -0.4 is 0 Å². The van der Waals surface area contributed by atoms with Gasteiger partial charge in [-0.1, -0.05) is 60.3 Å². The maximum absolute atomic E-state index is 12.5. The molecule has 1 aromatic heterocycles. The lowest BCUT2D eigenvalue weighted by molar-refractivity contribution is 0.102. The summed E-state index contributed by atoms with van der Waals surface area (Å²) in [6.07, 6.45) is 0. The molecule has 0 bridgehead atoms. The van der Waals surface area contributed by atoms with Crippen molar-refractivity contribution >= 4 is 17.5 Å². The standard InChI is InChI=1S/C22H17N3O2S/c26-19-13-11-17(12-14-19)21-23-24-22(25(21)18-9-5-2-6-10-18)28-15-20(27)16-7-3-1-4-8-16/h1-14,26H,15H2. The van der Waals surface area contributed by atoms with Crippen molar-refractivity contribution in [2.24, 2.45) is 0 Å². The van der Waals surface area contributed by atoms with Crippen molar-refractivity contribution in [2.75, 3.05) is 5.75 Å². The van der Waals surface area contributed by atoms with Gasteiger partial charge in [0.25, 0.3) is 0 Å². The van der Waals surface area contributed by atoms with Gasteiger partial charge in [0.05, 0.1) is 5.75 Å². The summed E-state index contributed by atoms with van der Waals surface area (Å²) in [5.41, 5.74) is 2.42. The Bertz CT molecular complexity index is 1080. The number of benzene rings is 3. The van der Waals surface area contributed by atoms with Crippen LogP contribution >= 0.6 is 11.8 Å². The normalized spacial score (nSPS) is 10.7. The Morgan fingerprint density at radius 2 is 1.50 bits per heavy atom. The van der Waals surface area contributed by atoms with Crippen LogP contribution in [0.4, 0.5) is 0 Å². The molecule has 0 aliphatic rings. The first-order valence-corrected chi connectivity index (χ1v) is 9.72. The molecule has 0 spiro atoms. The van der Waals surface area contributed by atoms with Crippen LogP contribution in [-0.4, -0.2) is 31.4 Å². The maximum Gasteiger partial charge on any atom is 0.196 e. The van der Waals surface area contributed by atoms with E-state index in [1.165, 1.54) is 11.8 Å². The summed E-state index contributed by atoms with van der Waals surface area (Å²) in [5.74, 6) is 1.16. The summed E-state index contributed by atoms with van der Waals surface area (Å²) in [5, 5.41) is 18.9. The fourth-order valence-electron chi connectivity index (χ4n) is 2.81. The minimum Gasteiger partial charge on any atom is -0.508 e. The number of nitrogens with zero attached hydrogens (tertiary/aromatic N) is 3. The summed E-state index contributed by atoms with van der Waals surface area (Å²) in [6.45, 7) is 0. The number of phenols is 1. The van der Waals surface area contributed by atoms with Gasteiger partial charge in [0, 0.05) is 16.8 Å². The lowest BCUT2D eigenvalue weighted by Gasteiger charge is -2.10. The quantitative estimate of drug-likeness (QED) is 0.386. The molecule has 4 aromatic rings. The second-order valence-corrected chi connectivity index (χ2v) is 7.04. The third-order valence-corrected chi connectivity index (χ3v) is 5.13. The first kappa shape index (κ1) is 18.0. The van der Waals surface area contributed by atoms with Gasteiger partial charge < -0.3 is 5.11 Å². The predicted molar refractivity (Wildman–Crippen MR) is 110 cm³/mol. The van der Waals surface area contributed by atoms with Gasteiger partial charge in [-0.2, -0.15) is 0 Å². The largest absolute Gasteiger partial charge is 0.508 e. The fourth-order valence-corrected chi connectivity index (χ4v) is 3.65. The smallest absolute Gasteiger partial charge is 0.196 e. The second-order valence-electron chi connectivity index (χ2n) is 6.10. The molecular formula is C22H17N3O2S. The molecule has 0 radical (unpaired) electrons. The maximum atomic E-state index is 12.5. The summed E-state index contributed by atoms with van der Waals surface area (Å²) in [7, 11) is 0. The number of hydrogen-bond donors (Lipinski definition) is 1. The average Bonchev–Trinajstić information content (AvgIpc) is 3.17. The van der Waals surface area contributed by atoms with E-state index in [2.05, 4.69) is 10.2 Å². The molecule has 3 aromatic carbocycles. The van der Waals surface area contributed by atoms with Crippen LogP contribution in [0.25, 0.3) is 17.1 Å². The molecule has 138 valence electrons. The first-order valence-electron chi connectivity index (χ1n) is 8.73. The molecule has 0 fully saturated rings. The Morgan fingerprint density at radius 1 is 0.857 bits per heavy atom. The van der Waals surface area contributed by atoms with E-state index in [9.17, 15) is 9.90 Å². The van der Waals surface area contributed by atoms with Crippen LogP contribution in [0, 0.1) is 0 Å². The van der Waals surface area contributed by atoms with Crippen molar-refractivity contribution in [3.8, 4) is 22.8 Å². The van der Waals surface area contributed by atoms with Crippen molar-refractivity contribution in [3.63, 3.8) is 0 Å². The number of thioether (sulfide) groups is 1.